The molecule has 1 rings (SSSR count). The number of hydrogen-bond acceptors (Lipinski definition) is 3. The molecule has 1 aliphatic carbocycles. The molecule has 0 spiro atoms. The monoisotopic (exact) mass is 264 g/mol. The van der Waals surface area contributed by atoms with Crippen molar-refractivity contribution in [1.29, 1.82) is 0 Å². The van der Waals surface area contributed by atoms with E-state index < -0.39 is 10.0 Å². The largest absolute Gasteiger partial charge is 0.393 e. The molecule has 0 heterocycles. The van der Waals surface area contributed by atoms with Crippen molar-refractivity contribution in [3.05, 3.63) is 0 Å². The molecule has 0 unspecified atom stereocenters. The van der Waals surface area contributed by atoms with Crippen LogP contribution >= 0.6 is 12.2 Å². The molecule has 1 fully saturated rings. The molecule has 1 aliphatic rings. The van der Waals surface area contributed by atoms with E-state index in [-0.39, 0.29) is 5.25 Å². The molecule has 0 aromatic carbocycles. The van der Waals surface area contributed by atoms with Gasteiger partial charge < -0.3 is 5.73 Å². The second-order valence-electron chi connectivity index (χ2n) is 4.16. The molecule has 0 aromatic heterocycles. The first-order chi connectivity index (χ1) is 7.48. The van der Waals surface area contributed by atoms with Crippen LogP contribution in [0.25, 0.3) is 0 Å². The van der Waals surface area contributed by atoms with Crippen LogP contribution in [0.15, 0.2) is 0 Å². The van der Waals surface area contributed by atoms with Gasteiger partial charge in [-0.3, -0.25) is 0 Å². The first-order valence-corrected chi connectivity index (χ1v) is 7.67. The highest BCUT2D eigenvalue weighted by molar-refractivity contribution is 7.89. The Hall–Kier alpha value is -0.200. The van der Waals surface area contributed by atoms with Crippen molar-refractivity contribution >= 4 is 27.2 Å². The van der Waals surface area contributed by atoms with Crippen molar-refractivity contribution in [3.8, 4) is 0 Å². The smallest absolute Gasteiger partial charge is 0.216 e. The predicted octanol–water partition coefficient (Wildman–Crippen LogP) is 1.26. The predicted molar refractivity (Wildman–Crippen MR) is 69.8 cm³/mol. The summed E-state index contributed by atoms with van der Waals surface area (Å²) in [5.74, 6) is 0. The van der Waals surface area contributed by atoms with E-state index in [2.05, 4.69) is 0 Å². The number of nitrogens with two attached hydrogens (primary N) is 1. The van der Waals surface area contributed by atoms with Crippen LogP contribution in [-0.4, -0.2) is 36.1 Å². The second kappa shape index (κ2) is 5.93. The molecule has 0 amide bonds. The molecule has 2 N–H and O–H groups in total. The van der Waals surface area contributed by atoms with Gasteiger partial charge in [0.05, 0.1) is 10.2 Å². The third kappa shape index (κ3) is 3.40. The zero-order chi connectivity index (χ0) is 12.2. The summed E-state index contributed by atoms with van der Waals surface area (Å²) in [5.41, 5.74) is 5.40. The molecule has 0 aromatic rings. The highest BCUT2D eigenvalue weighted by atomic mass is 32.2. The maximum atomic E-state index is 12.2. The lowest BCUT2D eigenvalue weighted by molar-refractivity contribution is 0.427. The van der Waals surface area contributed by atoms with Crippen molar-refractivity contribution < 1.29 is 8.42 Å². The highest BCUT2D eigenvalue weighted by Gasteiger charge is 2.32. The van der Waals surface area contributed by atoms with Gasteiger partial charge in [-0.1, -0.05) is 32.0 Å². The number of rotatable bonds is 6. The number of nitrogens with zero attached hydrogens (tertiary/aromatic N) is 1. The first kappa shape index (κ1) is 13.9. The van der Waals surface area contributed by atoms with Gasteiger partial charge in [0.25, 0.3) is 0 Å². The zero-order valence-electron chi connectivity index (χ0n) is 9.68. The summed E-state index contributed by atoms with van der Waals surface area (Å²) in [6, 6.07) is 0. The lowest BCUT2D eigenvalue weighted by Gasteiger charge is -2.23. The molecule has 16 heavy (non-hydrogen) atoms. The Morgan fingerprint density at radius 3 is 2.44 bits per heavy atom. The van der Waals surface area contributed by atoms with Crippen LogP contribution in [0, 0.1) is 0 Å². The normalized spacial score (nSPS) is 18.1. The van der Waals surface area contributed by atoms with Gasteiger partial charge >= 0.3 is 0 Å². The fourth-order valence-corrected chi connectivity index (χ4v) is 4.24. The molecular weight excluding hydrogens is 244 g/mol. The zero-order valence-corrected chi connectivity index (χ0v) is 11.3. The van der Waals surface area contributed by atoms with Gasteiger partial charge in [-0.05, 0) is 12.8 Å². The van der Waals surface area contributed by atoms with E-state index in [0.717, 1.165) is 25.7 Å². The lowest BCUT2D eigenvalue weighted by Crippen LogP contribution is -2.39. The Bertz CT molecular complexity index is 335. The van der Waals surface area contributed by atoms with Crippen LogP contribution in [-0.2, 0) is 10.0 Å². The van der Waals surface area contributed by atoms with Gasteiger partial charge in [-0.15, -0.1) is 0 Å². The van der Waals surface area contributed by atoms with Crippen LogP contribution in [0.5, 0.6) is 0 Å². The first-order valence-electron chi connectivity index (χ1n) is 5.75. The van der Waals surface area contributed by atoms with E-state index in [1.165, 1.54) is 4.31 Å². The van der Waals surface area contributed by atoms with Crippen molar-refractivity contribution in [1.82, 2.24) is 4.31 Å². The number of hydrogen-bond donors (Lipinski definition) is 1. The van der Waals surface area contributed by atoms with Crippen LogP contribution in [0.1, 0.15) is 39.0 Å². The van der Waals surface area contributed by atoms with Crippen LogP contribution in [0.2, 0.25) is 0 Å². The molecule has 94 valence electrons. The fraction of sp³-hybridized carbons (Fsp3) is 0.900. The molecule has 1 saturated carbocycles. The van der Waals surface area contributed by atoms with E-state index in [1.807, 2.05) is 6.92 Å². The SMILES string of the molecule is CCN(CCC(N)=S)S(=O)(=O)C1CCCC1. The Morgan fingerprint density at radius 1 is 1.44 bits per heavy atom. The molecule has 6 heteroatoms. The summed E-state index contributed by atoms with van der Waals surface area (Å²) in [6.45, 7) is 2.78. The standard InChI is InChI=1S/C10H20N2O2S2/c1-2-12(8-7-10(11)15)16(13,14)9-5-3-4-6-9/h9H,2-8H2,1H3,(H2,11,15). The fourth-order valence-electron chi connectivity index (χ4n) is 2.10. The Labute approximate surface area is 103 Å². The topological polar surface area (TPSA) is 63.4 Å². The third-order valence-electron chi connectivity index (χ3n) is 3.04. The summed E-state index contributed by atoms with van der Waals surface area (Å²) in [4.78, 5) is 0.375. The van der Waals surface area contributed by atoms with Crippen LogP contribution < -0.4 is 5.73 Å². The van der Waals surface area contributed by atoms with Crippen molar-refractivity contribution in [2.24, 2.45) is 5.73 Å². The van der Waals surface area contributed by atoms with E-state index in [0.29, 0.717) is 24.5 Å². The van der Waals surface area contributed by atoms with Crippen LogP contribution in [0.3, 0.4) is 0 Å². The maximum Gasteiger partial charge on any atom is 0.216 e. The molecule has 0 radical (unpaired) electrons. The molecule has 0 saturated heterocycles. The third-order valence-corrected chi connectivity index (χ3v) is 5.72. The Kier molecular flexibility index (Phi) is 5.14. The summed E-state index contributed by atoms with van der Waals surface area (Å²) >= 11 is 4.78. The molecular formula is C10H20N2O2S2. The summed E-state index contributed by atoms with van der Waals surface area (Å²) < 4.78 is 26.0. The number of sulfonamides is 1. The van der Waals surface area contributed by atoms with Gasteiger partial charge in [0.2, 0.25) is 10.0 Å². The van der Waals surface area contributed by atoms with Gasteiger partial charge in [0, 0.05) is 19.5 Å². The number of thiocarbonyl (C=S) groups is 1. The Balaban J connectivity index is 2.66. The van der Waals surface area contributed by atoms with Crippen molar-refractivity contribution in [2.45, 2.75) is 44.3 Å². The molecule has 0 bridgehead atoms. The average Bonchev–Trinajstić information content (AvgIpc) is 2.70. The van der Waals surface area contributed by atoms with Gasteiger partial charge in [0.1, 0.15) is 0 Å². The molecule has 4 nitrogen and oxygen atoms in total. The minimum absolute atomic E-state index is 0.182. The quantitative estimate of drug-likeness (QED) is 0.734. The maximum absolute atomic E-state index is 12.2. The minimum atomic E-state index is -3.13. The van der Waals surface area contributed by atoms with E-state index >= 15 is 0 Å². The van der Waals surface area contributed by atoms with Gasteiger partial charge in [0.15, 0.2) is 0 Å². The van der Waals surface area contributed by atoms with E-state index in [9.17, 15) is 8.42 Å². The Morgan fingerprint density at radius 2 is 2.00 bits per heavy atom. The van der Waals surface area contributed by atoms with Gasteiger partial charge in [-0.2, -0.15) is 0 Å². The van der Waals surface area contributed by atoms with Gasteiger partial charge in [-0.25, -0.2) is 12.7 Å². The summed E-state index contributed by atoms with van der Waals surface area (Å²) in [7, 11) is -3.13. The second-order valence-corrected chi connectivity index (χ2v) is 6.90. The summed E-state index contributed by atoms with van der Waals surface area (Å²) in [5, 5.41) is -0.182. The highest BCUT2D eigenvalue weighted by Crippen LogP contribution is 2.27. The van der Waals surface area contributed by atoms with Crippen molar-refractivity contribution in [3.63, 3.8) is 0 Å². The van der Waals surface area contributed by atoms with Crippen molar-refractivity contribution in [2.75, 3.05) is 13.1 Å². The van der Waals surface area contributed by atoms with E-state index in [4.69, 9.17) is 18.0 Å². The lowest BCUT2D eigenvalue weighted by atomic mass is 10.4. The summed E-state index contributed by atoms with van der Waals surface area (Å²) in [6.07, 6.45) is 4.11. The average molecular weight is 264 g/mol. The van der Waals surface area contributed by atoms with Crippen LogP contribution in [0.4, 0.5) is 0 Å². The van der Waals surface area contributed by atoms with E-state index in [1.54, 1.807) is 0 Å². The minimum Gasteiger partial charge on any atom is -0.393 e. The molecule has 0 atom stereocenters. The molecule has 0 aliphatic heterocycles.